The van der Waals surface area contributed by atoms with Crippen molar-refractivity contribution in [3.05, 3.63) is 0 Å². The van der Waals surface area contributed by atoms with Crippen LogP contribution < -0.4 is 5.32 Å². The molecule has 1 aliphatic rings. The maximum Gasteiger partial charge on any atom is 0.316 e. The highest BCUT2D eigenvalue weighted by molar-refractivity contribution is 5.98. The summed E-state index contributed by atoms with van der Waals surface area (Å²) in [5, 5.41) is 3.16. The number of esters is 1. The third-order valence-electron chi connectivity index (χ3n) is 2.26. The number of nitrogens with one attached hydrogen (secondary N) is 1. The van der Waals surface area contributed by atoms with Crippen LogP contribution in [0.4, 0.5) is 0 Å². The number of ketones is 1. The summed E-state index contributed by atoms with van der Waals surface area (Å²) in [5.41, 5.74) is 0. The van der Waals surface area contributed by atoms with Crippen molar-refractivity contribution in [3.63, 3.8) is 0 Å². The fourth-order valence-electron chi connectivity index (χ4n) is 1.49. The molecule has 1 fully saturated rings. The van der Waals surface area contributed by atoms with Crippen molar-refractivity contribution in [2.24, 2.45) is 5.92 Å². The highest BCUT2D eigenvalue weighted by Crippen LogP contribution is 2.12. The standard InChI is InChI=1S/C9H15NO3/c1-13-9(12)7-4-6-10-5-2-3-8(7)11/h7,10H,2-6H2,1H3. The molecule has 1 unspecified atom stereocenters. The Morgan fingerprint density at radius 1 is 1.54 bits per heavy atom. The number of carbonyl (C=O) groups excluding carboxylic acids is 2. The summed E-state index contributed by atoms with van der Waals surface area (Å²) in [4.78, 5) is 22.6. The van der Waals surface area contributed by atoms with Crippen molar-refractivity contribution >= 4 is 11.8 Å². The molecule has 1 aliphatic heterocycles. The first-order valence-electron chi connectivity index (χ1n) is 4.57. The highest BCUT2D eigenvalue weighted by Gasteiger charge is 2.27. The Bertz CT molecular complexity index is 203. The summed E-state index contributed by atoms with van der Waals surface area (Å²) in [6, 6.07) is 0. The summed E-state index contributed by atoms with van der Waals surface area (Å²) in [7, 11) is 1.32. The van der Waals surface area contributed by atoms with Crippen molar-refractivity contribution in [2.45, 2.75) is 19.3 Å². The minimum absolute atomic E-state index is 0.0216. The third-order valence-corrected chi connectivity index (χ3v) is 2.26. The number of carbonyl (C=O) groups is 2. The van der Waals surface area contributed by atoms with Gasteiger partial charge in [-0.25, -0.2) is 0 Å². The van der Waals surface area contributed by atoms with Gasteiger partial charge in [-0.2, -0.15) is 0 Å². The SMILES string of the molecule is COC(=O)C1CCNCCCC1=O. The number of hydrogen-bond donors (Lipinski definition) is 1. The van der Waals surface area contributed by atoms with Gasteiger partial charge in [0.05, 0.1) is 7.11 Å². The zero-order valence-corrected chi connectivity index (χ0v) is 7.84. The molecule has 0 aromatic carbocycles. The number of rotatable bonds is 1. The van der Waals surface area contributed by atoms with E-state index in [4.69, 9.17) is 0 Å². The van der Waals surface area contributed by atoms with Crippen LogP contribution in [0, 0.1) is 5.92 Å². The molecule has 0 bridgehead atoms. The Balaban J connectivity index is 2.56. The molecule has 1 atom stereocenters. The first-order chi connectivity index (χ1) is 6.25. The third kappa shape index (κ3) is 2.81. The van der Waals surface area contributed by atoms with Gasteiger partial charge in [0.25, 0.3) is 0 Å². The maximum absolute atomic E-state index is 11.4. The van der Waals surface area contributed by atoms with Crippen LogP contribution in [-0.4, -0.2) is 32.0 Å². The van der Waals surface area contributed by atoms with Gasteiger partial charge in [-0.05, 0) is 25.9 Å². The van der Waals surface area contributed by atoms with Crippen molar-refractivity contribution in [3.8, 4) is 0 Å². The fourth-order valence-corrected chi connectivity index (χ4v) is 1.49. The van der Waals surface area contributed by atoms with Crippen LogP contribution in [0.15, 0.2) is 0 Å². The topological polar surface area (TPSA) is 55.4 Å². The van der Waals surface area contributed by atoms with Crippen LogP contribution >= 0.6 is 0 Å². The summed E-state index contributed by atoms with van der Waals surface area (Å²) in [6.07, 6.45) is 1.85. The molecule has 4 heteroatoms. The van der Waals surface area contributed by atoms with E-state index in [9.17, 15) is 9.59 Å². The van der Waals surface area contributed by atoms with Crippen molar-refractivity contribution in [1.82, 2.24) is 5.32 Å². The van der Waals surface area contributed by atoms with Gasteiger partial charge >= 0.3 is 5.97 Å². The Morgan fingerprint density at radius 2 is 2.31 bits per heavy atom. The quantitative estimate of drug-likeness (QED) is 0.465. The zero-order chi connectivity index (χ0) is 9.68. The molecule has 0 aromatic heterocycles. The molecular formula is C9H15NO3. The number of ether oxygens (including phenoxy) is 1. The van der Waals surface area contributed by atoms with Crippen LogP contribution in [0.25, 0.3) is 0 Å². The van der Waals surface area contributed by atoms with E-state index in [1.165, 1.54) is 7.11 Å². The second-order valence-electron chi connectivity index (χ2n) is 3.18. The summed E-state index contributed by atoms with van der Waals surface area (Å²) < 4.78 is 4.57. The minimum Gasteiger partial charge on any atom is -0.468 e. The normalized spacial score (nSPS) is 24.7. The van der Waals surface area contributed by atoms with E-state index >= 15 is 0 Å². The molecular weight excluding hydrogens is 170 g/mol. The van der Waals surface area contributed by atoms with E-state index in [2.05, 4.69) is 10.1 Å². The number of Topliss-reactive ketones (excluding diaryl/α,β-unsaturated/α-hetero) is 1. The molecule has 1 rings (SSSR count). The zero-order valence-electron chi connectivity index (χ0n) is 7.84. The maximum atomic E-state index is 11.4. The van der Waals surface area contributed by atoms with Crippen molar-refractivity contribution in [1.29, 1.82) is 0 Å². The first kappa shape index (κ1) is 10.2. The first-order valence-corrected chi connectivity index (χ1v) is 4.57. The largest absolute Gasteiger partial charge is 0.468 e. The Hall–Kier alpha value is -0.900. The predicted molar refractivity (Wildman–Crippen MR) is 47.2 cm³/mol. The van der Waals surface area contributed by atoms with Crippen LogP contribution in [0.3, 0.4) is 0 Å². The molecule has 0 aromatic rings. The second kappa shape index (κ2) is 4.97. The van der Waals surface area contributed by atoms with E-state index in [1.807, 2.05) is 0 Å². The van der Waals surface area contributed by atoms with E-state index in [1.54, 1.807) is 0 Å². The monoisotopic (exact) mass is 185 g/mol. The fraction of sp³-hybridized carbons (Fsp3) is 0.778. The molecule has 0 amide bonds. The molecule has 4 nitrogen and oxygen atoms in total. The molecule has 0 aliphatic carbocycles. The molecule has 13 heavy (non-hydrogen) atoms. The van der Waals surface area contributed by atoms with Crippen LogP contribution in [0.1, 0.15) is 19.3 Å². The highest BCUT2D eigenvalue weighted by atomic mass is 16.5. The van der Waals surface area contributed by atoms with Gasteiger partial charge in [0.15, 0.2) is 0 Å². The summed E-state index contributed by atoms with van der Waals surface area (Å²) in [6.45, 7) is 1.57. The Kier molecular flexibility index (Phi) is 3.89. The number of hydrogen-bond acceptors (Lipinski definition) is 4. The molecule has 74 valence electrons. The average molecular weight is 185 g/mol. The van der Waals surface area contributed by atoms with Gasteiger partial charge < -0.3 is 10.1 Å². The van der Waals surface area contributed by atoms with Gasteiger partial charge in [-0.3, -0.25) is 9.59 Å². The van der Waals surface area contributed by atoms with E-state index in [-0.39, 0.29) is 5.78 Å². The molecule has 1 saturated heterocycles. The average Bonchev–Trinajstić information content (AvgIpc) is 2.11. The van der Waals surface area contributed by atoms with Gasteiger partial charge in [-0.1, -0.05) is 0 Å². The Labute approximate surface area is 77.6 Å². The van der Waals surface area contributed by atoms with Crippen molar-refractivity contribution in [2.75, 3.05) is 20.2 Å². The molecule has 1 N–H and O–H groups in total. The van der Waals surface area contributed by atoms with E-state index in [0.29, 0.717) is 19.4 Å². The summed E-state index contributed by atoms with van der Waals surface area (Å²) >= 11 is 0. The van der Waals surface area contributed by atoms with Crippen LogP contribution in [0.2, 0.25) is 0 Å². The lowest BCUT2D eigenvalue weighted by atomic mass is 9.95. The van der Waals surface area contributed by atoms with Gasteiger partial charge in [0.1, 0.15) is 11.7 Å². The van der Waals surface area contributed by atoms with Gasteiger partial charge in [0, 0.05) is 6.42 Å². The Morgan fingerprint density at radius 3 is 3.00 bits per heavy atom. The minimum atomic E-state index is -0.544. The number of methoxy groups -OCH3 is 1. The molecule has 0 spiro atoms. The molecule has 0 saturated carbocycles. The lowest BCUT2D eigenvalue weighted by Crippen LogP contribution is -2.32. The van der Waals surface area contributed by atoms with Crippen LogP contribution in [0.5, 0.6) is 0 Å². The van der Waals surface area contributed by atoms with Crippen LogP contribution in [-0.2, 0) is 14.3 Å². The lowest BCUT2D eigenvalue weighted by Gasteiger charge is -2.16. The smallest absolute Gasteiger partial charge is 0.316 e. The molecule has 1 heterocycles. The molecule has 0 radical (unpaired) electrons. The van der Waals surface area contributed by atoms with E-state index < -0.39 is 11.9 Å². The van der Waals surface area contributed by atoms with Gasteiger partial charge in [-0.15, -0.1) is 0 Å². The van der Waals surface area contributed by atoms with E-state index in [0.717, 1.165) is 13.0 Å². The second-order valence-corrected chi connectivity index (χ2v) is 3.18. The van der Waals surface area contributed by atoms with Crippen molar-refractivity contribution < 1.29 is 14.3 Å². The predicted octanol–water partition coefficient (Wildman–Crippen LogP) is 0.118. The lowest BCUT2D eigenvalue weighted by molar-refractivity contribution is -0.149. The van der Waals surface area contributed by atoms with Gasteiger partial charge in [0.2, 0.25) is 0 Å². The summed E-state index contributed by atoms with van der Waals surface area (Å²) in [5.74, 6) is -0.917.